The lowest BCUT2D eigenvalue weighted by molar-refractivity contribution is 0.0327. The first-order chi connectivity index (χ1) is 8.50. The highest BCUT2D eigenvalue weighted by Crippen LogP contribution is 2.30. The van der Waals surface area contributed by atoms with Gasteiger partial charge in [0.15, 0.2) is 0 Å². The van der Waals surface area contributed by atoms with E-state index in [9.17, 15) is 8.42 Å². The summed E-state index contributed by atoms with van der Waals surface area (Å²) in [5.41, 5.74) is 0. The van der Waals surface area contributed by atoms with E-state index in [2.05, 4.69) is 10.6 Å². The summed E-state index contributed by atoms with van der Waals surface area (Å²) < 4.78 is 28.4. The predicted octanol–water partition coefficient (Wildman–Crippen LogP) is 0.124. The standard InChI is InChI=1S/C12H24N2O3S/c1-17-12-8-13-7-11(14-12)9-3-5-10(6-4-9)18(2,15)16/h9-14H,3-8H2,1-2H3. The molecule has 0 aromatic carbocycles. The molecule has 18 heavy (non-hydrogen) atoms. The van der Waals surface area contributed by atoms with Gasteiger partial charge in [-0.05, 0) is 31.6 Å². The van der Waals surface area contributed by atoms with E-state index in [1.165, 1.54) is 6.26 Å². The third kappa shape index (κ3) is 3.44. The van der Waals surface area contributed by atoms with Gasteiger partial charge in [-0.3, -0.25) is 5.32 Å². The fourth-order valence-electron chi connectivity index (χ4n) is 3.10. The minimum atomic E-state index is -2.86. The van der Waals surface area contributed by atoms with Crippen LogP contribution in [0.25, 0.3) is 0 Å². The Kier molecular flexibility index (Phi) is 4.64. The van der Waals surface area contributed by atoms with Crippen molar-refractivity contribution in [3.63, 3.8) is 0 Å². The zero-order valence-corrected chi connectivity index (χ0v) is 12.0. The molecule has 2 unspecified atom stereocenters. The van der Waals surface area contributed by atoms with Crippen LogP contribution in [0.5, 0.6) is 0 Å². The molecular weight excluding hydrogens is 252 g/mol. The molecule has 1 saturated carbocycles. The summed E-state index contributed by atoms with van der Waals surface area (Å²) in [4.78, 5) is 0. The van der Waals surface area contributed by atoms with Crippen LogP contribution in [0, 0.1) is 5.92 Å². The van der Waals surface area contributed by atoms with E-state index in [0.717, 1.165) is 38.8 Å². The van der Waals surface area contributed by atoms with Gasteiger partial charge >= 0.3 is 0 Å². The fraction of sp³-hybridized carbons (Fsp3) is 1.00. The Balaban J connectivity index is 1.86. The number of nitrogens with one attached hydrogen (secondary N) is 2. The molecular formula is C12H24N2O3S. The number of hydrogen-bond donors (Lipinski definition) is 2. The highest BCUT2D eigenvalue weighted by Gasteiger charge is 2.33. The number of piperazine rings is 1. The van der Waals surface area contributed by atoms with Gasteiger partial charge in [0.25, 0.3) is 0 Å². The van der Waals surface area contributed by atoms with E-state index in [0.29, 0.717) is 12.0 Å². The molecule has 0 aromatic heterocycles. The monoisotopic (exact) mass is 276 g/mol. The molecule has 1 saturated heterocycles. The van der Waals surface area contributed by atoms with Crippen LogP contribution in [0.1, 0.15) is 25.7 Å². The summed E-state index contributed by atoms with van der Waals surface area (Å²) >= 11 is 0. The van der Waals surface area contributed by atoms with Crippen molar-refractivity contribution in [3.05, 3.63) is 0 Å². The van der Waals surface area contributed by atoms with Gasteiger partial charge in [0, 0.05) is 32.5 Å². The molecule has 106 valence electrons. The summed E-state index contributed by atoms with van der Waals surface area (Å²) in [7, 11) is -1.15. The lowest BCUT2D eigenvalue weighted by Gasteiger charge is -2.38. The van der Waals surface area contributed by atoms with Gasteiger partial charge in [0.1, 0.15) is 16.1 Å². The number of hydrogen-bond acceptors (Lipinski definition) is 5. The molecule has 2 aliphatic rings. The Bertz CT molecular complexity index is 364. The van der Waals surface area contributed by atoms with E-state index in [4.69, 9.17) is 4.74 Å². The highest BCUT2D eigenvalue weighted by atomic mass is 32.2. The molecule has 0 spiro atoms. The smallest absolute Gasteiger partial charge is 0.150 e. The lowest BCUT2D eigenvalue weighted by Crippen LogP contribution is -2.58. The normalized spacial score (nSPS) is 38.6. The second-order valence-corrected chi connectivity index (χ2v) is 7.85. The molecule has 2 fully saturated rings. The summed E-state index contributed by atoms with van der Waals surface area (Å²) in [6, 6.07) is 0.407. The average Bonchev–Trinajstić information content (AvgIpc) is 2.38. The van der Waals surface area contributed by atoms with Crippen molar-refractivity contribution in [1.29, 1.82) is 0 Å². The van der Waals surface area contributed by atoms with Crippen LogP contribution in [0.3, 0.4) is 0 Å². The molecule has 0 radical (unpaired) electrons. The maximum absolute atomic E-state index is 11.5. The highest BCUT2D eigenvalue weighted by molar-refractivity contribution is 7.91. The van der Waals surface area contributed by atoms with Crippen LogP contribution in [-0.2, 0) is 14.6 Å². The molecule has 1 heterocycles. The van der Waals surface area contributed by atoms with Crippen LogP contribution in [-0.4, -0.2) is 52.4 Å². The molecule has 5 nitrogen and oxygen atoms in total. The number of sulfone groups is 1. The Hall–Kier alpha value is -0.170. The predicted molar refractivity (Wildman–Crippen MR) is 71.2 cm³/mol. The first-order valence-electron chi connectivity index (χ1n) is 6.69. The molecule has 2 rings (SSSR count). The fourth-order valence-corrected chi connectivity index (χ4v) is 4.23. The Morgan fingerprint density at radius 3 is 2.33 bits per heavy atom. The van der Waals surface area contributed by atoms with Gasteiger partial charge in [-0.15, -0.1) is 0 Å². The summed E-state index contributed by atoms with van der Waals surface area (Å²) in [6.45, 7) is 1.79. The molecule has 1 aliphatic heterocycles. The Morgan fingerprint density at radius 2 is 1.78 bits per heavy atom. The van der Waals surface area contributed by atoms with Crippen molar-refractivity contribution in [1.82, 2.24) is 10.6 Å². The van der Waals surface area contributed by atoms with E-state index in [1.54, 1.807) is 7.11 Å². The summed E-state index contributed by atoms with van der Waals surface area (Å²) in [6.07, 6.45) is 5.04. The average molecular weight is 276 g/mol. The first kappa shape index (κ1) is 14.2. The van der Waals surface area contributed by atoms with Gasteiger partial charge in [-0.2, -0.15) is 0 Å². The van der Waals surface area contributed by atoms with Crippen molar-refractivity contribution in [2.45, 2.75) is 43.2 Å². The summed E-state index contributed by atoms with van der Waals surface area (Å²) in [5.74, 6) is 0.563. The number of ether oxygens (including phenoxy) is 1. The van der Waals surface area contributed by atoms with Gasteiger partial charge in [0.2, 0.25) is 0 Å². The maximum Gasteiger partial charge on any atom is 0.150 e. The second-order valence-electron chi connectivity index (χ2n) is 5.52. The zero-order chi connectivity index (χ0) is 13.2. The third-order valence-corrected chi connectivity index (χ3v) is 5.95. The Morgan fingerprint density at radius 1 is 1.11 bits per heavy atom. The molecule has 2 atom stereocenters. The topological polar surface area (TPSA) is 67.4 Å². The molecule has 2 N–H and O–H groups in total. The van der Waals surface area contributed by atoms with Gasteiger partial charge in [0.05, 0.1) is 5.25 Å². The minimum Gasteiger partial charge on any atom is -0.365 e. The number of rotatable bonds is 3. The molecule has 6 heteroatoms. The number of methoxy groups -OCH3 is 1. The Labute approximate surface area is 110 Å². The van der Waals surface area contributed by atoms with Crippen molar-refractivity contribution in [2.24, 2.45) is 5.92 Å². The molecule has 0 bridgehead atoms. The van der Waals surface area contributed by atoms with Crippen molar-refractivity contribution in [2.75, 3.05) is 26.5 Å². The van der Waals surface area contributed by atoms with Crippen molar-refractivity contribution in [3.8, 4) is 0 Å². The molecule has 0 aromatic rings. The quantitative estimate of drug-likeness (QED) is 0.766. The SMILES string of the molecule is COC1CNCC(C2CCC(S(C)(=O)=O)CC2)N1. The third-order valence-electron chi connectivity index (χ3n) is 4.27. The van der Waals surface area contributed by atoms with E-state index < -0.39 is 9.84 Å². The zero-order valence-electron chi connectivity index (χ0n) is 11.2. The molecule has 1 aliphatic carbocycles. The van der Waals surface area contributed by atoms with Crippen molar-refractivity contribution >= 4 is 9.84 Å². The van der Waals surface area contributed by atoms with Gasteiger partial charge in [-0.1, -0.05) is 0 Å². The largest absolute Gasteiger partial charge is 0.365 e. The first-order valence-corrected chi connectivity index (χ1v) is 8.64. The maximum atomic E-state index is 11.5. The molecule has 0 amide bonds. The van der Waals surface area contributed by atoms with Crippen LogP contribution in [0.4, 0.5) is 0 Å². The van der Waals surface area contributed by atoms with Gasteiger partial charge in [-0.25, -0.2) is 8.42 Å². The van der Waals surface area contributed by atoms with Crippen LogP contribution in [0.15, 0.2) is 0 Å². The lowest BCUT2D eigenvalue weighted by atomic mass is 9.83. The van der Waals surface area contributed by atoms with Crippen LogP contribution in [0.2, 0.25) is 0 Å². The van der Waals surface area contributed by atoms with Crippen LogP contribution >= 0.6 is 0 Å². The minimum absolute atomic E-state index is 0.0800. The second kappa shape index (κ2) is 5.86. The van der Waals surface area contributed by atoms with Crippen molar-refractivity contribution < 1.29 is 13.2 Å². The van der Waals surface area contributed by atoms with E-state index in [-0.39, 0.29) is 11.5 Å². The summed E-state index contributed by atoms with van der Waals surface area (Å²) in [5, 5.41) is 6.74. The van der Waals surface area contributed by atoms with E-state index in [1.807, 2.05) is 0 Å². The van der Waals surface area contributed by atoms with E-state index >= 15 is 0 Å². The van der Waals surface area contributed by atoms with Crippen LogP contribution < -0.4 is 10.6 Å². The van der Waals surface area contributed by atoms with Gasteiger partial charge < -0.3 is 10.1 Å².